The van der Waals surface area contributed by atoms with Crippen LogP contribution in [0, 0.1) is 6.92 Å². The van der Waals surface area contributed by atoms with E-state index in [0.717, 1.165) is 5.56 Å². The third-order valence-corrected chi connectivity index (χ3v) is 2.82. The quantitative estimate of drug-likeness (QED) is 0.678. The zero-order valence-electron chi connectivity index (χ0n) is 9.69. The van der Waals surface area contributed by atoms with Crippen molar-refractivity contribution in [1.29, 1.82) is 0 Å². The van der Waals surface area contributed by atoms with Gasteiger partial charge in [-0.1, -0.05) is 6.07 Å². The molecular weight excluding hydrogens is 218 g/mol. The first-order valence-electron chi connectivity index (χ1n) is 5.50. The Labute approximate surface area is 99.6 Å². The topological polar surface area (TPSA) is 75.4 Å². The largest absolute Gasteiger partial charge is 0.399 e. The van der Waals surface area contributed by atoms with Crippen molar-refractivity contribution in [3.8, 4) is 0 Å². The Morgan fingerprint density at radius 2 is 2.24 bits per heavy atom. The van der Waals surface area contributed by atoms with Gasteiger partial charge in [0, 0.05) is 24.3 Å². The predicted molar refractivity (Wildman–Crippen MR) is 64.5 cm³/mol. The number of piperazine rings is 1. The van der Waals surface area contributed by atoms with Gasteiger partial charge < -0.3 is 16.0 Å². The molecule has 1 heterocycles. The Morgan fingerprint density at radius 3 is 2.94 bits per heavy atom. The van der Waals surface area contributed by atoms with Crippen LogP contribution >= 0.6 is 0 Å². The molecule has 0 atom stereocenters. The van der Waals surface area contributed by atoms with Crippen molar-refractivity contribution >= 4 is 17.5 Å². The minimum Gasteiger partial charge on any atom is -0.399 e. The van der Waals surface area contributed by atoms with Crippen molar-refractivity contribution < 1.29 is 9.59 Å². The number of carbonyl (C=O) groups is 2. The third kappa shape index (κ3) is 2.38. The second-order valence-electron chi connectivity index (χ2n) is 4.15. The molecule has 0 saturated carbocycles. The van der Waals surface area contributed by atoms with E-state index >= 15 is 0 Å². The number of nitrogen functional groups attached to an aromatic ring is 1. The molecule has 1 aromatic rings. The second-order valence-corrected chi connectivity index (χ2v) is 4.15. The lowest BCUT2D eigenvalue weighted by atomic mass is 10.1. The van der Waals surface area contributed by atoms with Gasteiger partial charge in [0.2, 0.25) is 5.91 Å². The molecule has 0 spiro atoms. The van der Waals surface area contributed by atoms with Gasteiger partial charge in [-0.05, 0) is 24.6 Å². The van der Waals surface area contributed by atoms with E-state index in [1.807, 2.05) is 13.0 Å². The second kappa shape index (κ2) is 4.45. The number of rotatable bonds is 1. The minimum absolute atomic E-state index is 0.118. The van der Waals surface area contributed by atoms with Crippen LogP contribution < -0.4 is 11.1 Å². The lowest BCUT2D eigenvalue weighted by Crippen LogP contribution is -2.50. The van der Waals surface area contributed by atoms with Crippen molar-refractivity contribution in [2.75, 3.05) is 25.4 Å². The molecule has 5 nitrogen and oxygen atoms in total. The molecule has 90 valence electrons. The highest BCUT2D eigenvalue weighted by Crippen LogP contribution is 2.15. The van der Waals surface area contributed by atoms with Gasteiger partial charge in [-0.3, -0.25) is 9.59 Å². The van der Waals surface area contributed by atoms with E-state index in [9.17, 15) is 9.59 Å². The Kier molecular flexibility index (Phi) is 2.99. The van der Waals surface area contributed by atoms with Gasteiger partial charge >= 0.3 is 0 Å². The number of hydrogen-bond acceptors (Lipinski definition) is 3. The maximum absolute atomic E-state index is 12.2. The van der Waals surface area contributed by atoms with Gasteiger partial charge in [-0.15, -0.1) is 0 Å². The number of nitrogens with zero attached hydrogens (tertiary/aromatic N) is 1. The highest BCUT2D eigenvalue weighted by molar-refractivity contribution is 5.98. The highest BCUT2D eigenvalue weighted by Gasteiger charge is 2.23. The molecule has 2 rings (SSSR count). The summed E-state index contributed by atoms with van der Waals surface area (Å²) < 4.78 is 0. The van der Waals surface area contributed by atoms with Crippen LogP contribution in [0.5, 0.6) is 0 Å². The summed E-state index contributed by atoms with van der Waals surface area (Å²) in [5, 5.41) is 2.69. The number of aryl methyl sites for hydroxylation is 1. The fraction of sp³-hybridized carbons (Fsp3) is 0.333. The standard InChI is InChI=1S/C12H15N3O2/c1-8-2-3-9(13)6-10(8)12(17)15-5-4-14-11(16)7-15/h2-3,6H,4-5,7,13H2,1H3,(H,14,16). The summed E-state index contributed by atoms with van der Waals surface area (Å²) in [5.74, 6) is -0.254. The minimum atomic E-state index is -0.135. The Hall–Kier alpha value is -2.04. The maximum atomic E-state index is 12.2. The Balaban J connectivity index is 2.24. The van der Waals surface area contributed by atoms with E-state index in [1.165, 1.54) is 0 Å². The summed E-state index contributed by atoms with van der Waals surface area (Å²) in [6.45, 7) is 3.02. The first-order chi connectivity index (χ1) is 8.08. The SMILES string of the molecule is Cc1ccc(N)cc1C(=O)N1CCNC(=O)C1. The van der Waals surface area contributed by atoms with Gasteiger partial charge in [0.25, 0.3) is 5.91 Å². The molecule has 0 aromatic heterocycles. The molecule has 1 aromatic carbocycles. The van der Waals surface area contributed by atoms with Gasteiger partial charge in [-0.2, -0.15) is 0 Å². The van der Waals surface area contributed by atoms with Crippen molar-refractivity contribution in [3.63, 3.8) is 0 Å². The number of hydrogen-bond donors (Lipinski definition) is 2. The predicted octanol–water partition coefficient (Wildman–Crippen LogP) is 0.149. The molecule has 0 bridgehead atoms. The number of amides is 2. The van der Waals surface area contributed by atoms with Crippen molar-refractivity contribution in [1.82, 2.24) is 10.2 Å². The Morgan fingerprint density at radius 1 is 1.47 bits per heavy atom. The number of carbonyl (C=O) groups excluding carboxylic acids is 2. The monoisotopic (exact) mass is 233 g/mol. The summed E-state index contributed by atoms with van der Waals surface area (Å²) in [4.78, 5) is 25.0. The van der Waals surface area contributed by atoms with Crippen LogP contribution in [0.2, 0.25) is 0 Å². The number of nitrogens with two attached hydrogens (primary N) is 1. The fourth-order valence-corrected chi connectivity index (χ4v) is 1.85. The van der Waals surface area contributed by atoms with Crippen LogP contribution in [0.3, 0.4) is 0 Å². The smallest absolute Gasteiger partial charge is 0.254 e. The normalized spacial score (nSPS) is 15.6. The zero-order valence-corrected chi connectivity index (χ0v) is 9.69. The first-order valence-corrected chi connectivity index (χ1v) is 5.50. The fourth-order valence-electron chi connectivity index (χ4n) is 1.85. The van der Waals surface area contributed by atoms with E-state index in [0.29, 0.717) is 24.3 Å². The van der Waals surface area contributed by atoms with Gasteiger partial charge in [-0.25, -0.2) is 0 Å². The average Bonchev–Trinajstić information content (AvgIpc) is 2.31. The Bertz CT molecular complexity index is 471. The van der Waals surface area contributed by atoms with Crippen LogP contribution in [0.1, 0.15) is 15.9 Å². The van der Waals surface area contributed by atoms with Gasteiger partial charge in [0.1, 0.15) is 0 Å². The summed E-state index contributed by atoms with van der Waals surface area (Å²) in [6, 6.07) is 5.23. The molecule has 5 heteroatoms. The van der Waals surface area contributed by atoms with Crippen molar-refractivity contribution in [3.05, 3.63) is 29.3 Å². The lowest BCUT2D eigenvalue weighted by molar-refractivity contribution is -0.123. The van der Waals surface area contributed by atoms with Gasteiger partial charge in [0.15, 0.2) is 0 Å². The van der Waals surface area contributed by atoms with Crippen LogP contribution in [-0.2, 0) is 4.79 Å². The van der Waals surface area contributed by atoms with Crippen LogP contribution in [0.25, 0.3) is 0 Å². The molecule has 1 aliphatic heterocycles. The molecule has 3 N–H and O–H groups in total. The van der Waals surface area contributed by atoms with Crippen molar-refractivity contribution in [2.24, 2.45) is 0 Å². The summed E-state index contributed by atoms with van der Waals surface area (Å²) in [7, 11) is 0. The highest BCUT2D eigenvalue weighted by atomic mass is 16.2. The molecule has 0 radical (unpaired) electrons. The average molecular weight is 233 g/mol. The van der Waals surface area contributed by atoms with Crippen LogP contribution in [0.4, 0.5) is 5.69 Å². The molecule has 0 unspecified atom stereocenters. The zero-order chi connectivity index (χ0) is 12.4. The molecule has 0 aliphatic carbocycles. The molecule has 1 aliphatic rings. The van der Waals surface area contributed by atoms with E-state index in [-0.39, 0.29) is 18.4 Å². The van der Waals surface area contributed by atoms with E-state index in [1.54, 1.807) is 17.0 Å². The summed E-state index contributed by atoms with van der Waals surface area (Å²) >= 11 is 0. The number of anilines is 1. The van der Waals surface area contributed by atoms with Crippen LogP contribution in [-0.4, -0.2) is 36.3 Å². The summed E-state index contributed by atoms with van der Waals surface area (Å²) in [6.07, 6.45) is 0. The molecule has 17 heavy (non-hydrogen) atoms. The maximum Gasteiger partial charge on any atom is 0.254 e. The van der Waals surface area contributed by atoms with Crippen LogP contribution in [0.15, 0.2) is 18.2 Å². The summed E-state index contributed by atoms with van der Waals surface area (Å²) in [5.41, 5.74) is 7.67. The van der Waals surface area contributed by atoms with Gasteiger partial charge in [0.05, 0.1) is 6.54 Å². The molecule has 2 amide bonds. The number of nitrogens with one attached hydrogen (secondary N) is 1. The molecule has 1 saturated heterocycles. The molecule has 1 fully saturated rings. The first kappa shape index (κ1) is 11.4. The van der Waals surface area contributed by atoms with Crippen molar-refractivity contribution in [2.45, 2.75) is 6.92 Å². The number of benzene rings is 1. The van der Waals surface area contributed by atoms with E-state index < -0.39 is 0 Å². The lowest BCUT2D eigenvalue weighted by Gasteiger charge is -2.27. The van der Waals surface area contributed by atoms with E-state index in [2.05, 4.69) is 5.32 Å². The third-order valence-electron chi connectivity index (χ3n) is 2.82. The van der Waals surface area contributed by atoms with E-state index in [4.69, 9.17) is 5.73 Å². The molecular formula is C12H15N3O2.